The number of aliphatic hydroxyl groups excluding tert-OH is 1. The first-order chi connectivity index (χ1) is 40.2. The third-order valence-corrected chi connectivity index (χ3v) is 17.4. The van der Waals surface area contributed by atoms with Crippen LogP contribution in [0.2, 0.25) is 0 Å². The van der Waals surface area contributed by atoms with Crippen LogP contribution in [0.3, 0.4) is 0 Å². The molecular formula is C65H126O17P2. The highest BCUT2D eigenvalue weighted by Crippen LogP contribution is 2.45. The quantitative estimate of drug-likeness (QED) is 0.0222. The zero-order valence-electron chi connectivity index (χ0n) is 54.5. The van der Waals surface area contributed by atoms with E-state index in [1.54, 1.807) is 0 Å². The maximum Gasteiger partial charge on any atom is 0.472 e. The van der Waals surface area contributed by atoms with Gasteiger partial charge in [0.25, 0.3) is 0 Å². The fourth-order valence-corrected chi connectivity index (χ4v) is 11.1. The number of unbranched alkanes of at least 4 members (excludes halogenated alkanes) is 26. The Bertz CT molecular complexity index is 1680. The number of rotatable bonds is 62. The van der Waals surface area contributed by atoms with Crippen molar-refractivity contribution in [2.75, 3.05) is 39.6 Å². The van der Waals surface area contributed by atoms with Gasteiger partial charge in [-0.25, -0.2) is 9.13 Å². The van der Waals surface area contributed by atoms with Crippen molar-refractivity contribution in [3.8, 4) is 0 Å². The second-order valence-corrected chi connectivity index (χ2v) is 27.8. The maximum absolute atomic E-state index is 13.0. The molecule has 0 spiro atoms. The Morgan fingerprint density at radius 2 is 0.571 bits per heavy atom. The first kappa shape index (κ1) is 82.1. The lowest BCUT2D eigenvalue weighted by Crippen LogP contribution is -2.30. The van der Waals surface area contributed by atoms with Crippen LogP contribution in [0.4, 0.5) is 0 Å². The molecule has 0 fully saturated rings. The van der Waals surface area contributed by atoms with E-state index in [2.05, 4.69) is 55.4 Å². The highest BCUT2D eigenvalue weighted by molar-refractivity contribution is 7.47. The van der Waals surface area contributed by atoms with Gasteiger partial charge < -0.3 is 33.8 Å². The lowest BCUT2D eigenvalue weighted by Gasteiger charge is -2.21. The van der Waals surface area contributed by atoms with Gasteiger partial charge in [0, 0.05) is 25.7 Å². The molecule has 5 unspecified atom stereocenters. The lowest BCUT2D eigenvalue weighted by atomic mass is 9.99. The van der Waals surface area contributed by atoms with Crippen LogP contribution in [0, 0.1) is 23.7 Å². The first-order valence-corrected chi connectivity index (χ1v) is 36.8. The van der Waals surface area contributed by atoms with Crippen LogP contribution in [-0.4, -0.2) is 96.7 Å². The standard InChI is InChI=1S/C65H126O17P2/c1-9-57(7)43-35-27-18-13-11-12-14-20-31-39-47-64(69)81-60(51-75-62(67)45-37-29-19-16-15-17-25-33-41-55(3)4)53-79-83(71,72)77-49-59(66)50-78-84(73,74)80-54-61(82-65(70)48-40-32-23-21-26-34-42-56(5)6)52-76-63(68)46-38-30-24-22-28-36-44-58(8)10-2/h55-61,66H,9-54H2,1-8H3,(H,71,72)(H,73,74)/t57?,58?,59?,60-,61-/m1/s1. The average Bonchev–Trinajstić information content (AvgIpc) is 3.45. The minimum Gasteiger partial charge on any atom is -0.462 e. The van der Waals surface area contributed by atoms with Gasteiger partial charge in [-0.1, -0.05) is 261 Å². The Labute approximate surface area is 511 Å². The molecular weight excluding hydrogens is 1110 g/mol. The fraction of sp³-hybridized carbons (Fsp3) is 0.938. The number of hydrogen-bond acceptors (Lipinski definition) is 15. The van der Waals surface area contributed by atoms with Gasteiger partial charge in [-0.3, -0.25) is 37.3 Å². The summed E-state index contributed by atoms with van der Waals surface area (Å²) in [5, 5.41) is 10.5. The summed E-state index contributed by atoms with van der Waals surface area (Å²) in [4.78, 5) is 72.2. The molecule has 0 amide bonds. The fourth-order valence-electron chi connectivity index (χ4n) is 9.54. The Morgan fingerprint density at radius 1 is 0.333 bits per heavy atom. The van der Waals surface area contributed by atoms with Crippen LogP contribution < -0.4 is 0 Å². The molecule has 0 aromatic rings. The molecule has 0 saturated heterocycles. The van der Waals surface area contributed by atoms with Gasteiger partial charge in [0.15, 0.2) is 12.2 Å². The molecule has 17 nitrogen and oxygen atoms in total. The van der Waals surface area contributed by atoms with E-state index < -0.39 is 97.5 Å². The Kier molecular flexibility index (Phi) is 53.9. The molecule has 7 atom stereocenters. The predicted octanol–water partition coefficient (Wildman–Crippen LogP) is 17.8. The zero-order valence-corrected chi connectivity index (χ0v) is 56.3. The van der Waals surface area contributed by atoms with Crippen molar-refractivity contribution in [3.63, 3.8) is 0 Å². The summed E-state index contributed by atoms with van der Waals surface area (Å²) in [5.41, 5.74) is 0. The van der Waals surface area contributed by atoms with Crippen LogP contribution in [0.5, 0.6) is 0 Å². The molecule has 0 aliphatic heterocycles. The van der Waals surface area contributed by atoms with Gasteiger partial charge in [-0.05, 0) is 49.4 Å². The molecule has 0 aromatic heterocycles. The van der Waals surface area contributed by atoms with E-state index in [0.717, 1.165) is 114 Å². The third kappa shape index (κ3) is 56.6. The molecule has 0 radical (unpaired) electrons. The van der Waals surface area contributed by atoms with Crippen molar-refractivity contribution in [3.05, 3.63) is 0 Å². The number of carbonyl (C=O) groups is 4. The Balaban J connectivity index is 5.25. The van der Waals surface area contributed by atoms with Crippen LogP contribution in [-0.2, 0) is 65.4 Å². The molecule has 0 aliphatic carbocycles. The molecule has 0 rings (SSSR count). The topological polar surface area (TPSA) is 237 Å². The molecule has 84 heavy (non-hydrogen) atoms. The molecule has 498 valence electrons. The summed E-state index contributed by atoms with van der Waals surface area (Å²) in [6.45, 7) is 14.0. The van der Waals surface area contributed by atoms with E-state index in [0.29, 0.717) is 31.6 Å². The molecule has 19 heteroatoms. The zero-order chi connectivity index (χ0) is 62.5. The highest BCUT2D eigenvalue weighted by atomic mass is 31.2. The van der Waals surface area contributed by atoms with E-state index in [1.807, 2.05) is 0 Å². The summed E-state index contributed by atoms with van der Waals surface area (Å²) in [5.74, 6) is 0.788. The first-order valence-electron chi connectivity index (χ1n) is 33.8. The van der Waals surface area contributed by atoms with E-state index >= 15 is 0 Å². The summed E-state index contributed by atoms with van der Waals surface area (Å²) < 4.78 is 68.0. The number of ether oxygens (including phenoxy) is 4. The number of hydrogen-bond donors (Lipinski definition) is 3. The average molecular weight is 1240 g/mol. The summed E-state index contributed by atoms with van der Waals surface area (Å²) in [6.07, 6.45) is 35.0. The third-order valence-electron chi connectivity index (χ3n) is 15.5. The van der Waals surface area contributed by atoms with Gasteiger partial charge in [0.2, 0.25) is 0 Å². The monoisotopic (exact) mass is 1240 g/mol. The number of phosphoric acid groups is 2. The van der Waals surface area contributed by atoms with Crippen LogP contribution in [0.1, 0.15) is 312 Å². The normalized spacial score (nSPS) is 15.1. The minimum atomic E-state index is -4.95. The van der Waals surface area contributed by atoms with Gasteiger partial charge in [-0.15, -0.1) is 0 Å². The number of phosphoric ester groups is 2. The van der Waals surface area contributed by atoms with Crippen molar-refractivity contribution in [2.24, 2.45) is 23.7 Å². The van der Waals surface area contributed by atoms with E-state index in [4.69, 9.17) is 37.0 Å². The van der Waals surface area contributed by atoms with Gasteiger partial charge in [0.05, 0.1) is 26.4 Å². The van der Waals surface area contributed by atoms with Gasteiger partial charge in [0.1, 0.15) is 19.3 Å². The van der Waals surface area contributed by atoms with E-state index in [9.17, 15) is 43.2 Å². The predicted molar refractivity (Wildman–Crippen MR) is 335 cm³/mol. The Hall–Kier alpha value is -1.94. The largest absolute Gasteiger partial charge is 0.472 e. The second kappa shape index (κ2) is 55.2. The summed E-state index contributed by atoms with van der Waals surface area (Å²) in [7, 11) is -9.89. The lowest BCUT2D eigenvalue weighted by molar-refractivity contribution is -0.161. The SMILES string of the molecule is CCC(C)CCCCCCCCCCCCC(=O)O[C@H](COC(=O)CCCCCCCCCCC(C)C)COP(=O)(O)OCC(O)COP(=O)(O)OC[C@@H](COC(=O)CCCCCCCCC(C)CC)OC(=O)CCCCCCCCC(C)C. The number of carbonyl (C=O) groups excluding carboxylic acids is 4. The van der Waals surface area contributed by atoms with Crippen molar-refractivity contribution >= 4 is 39.5 Å². The van der Waals surface area contributed by atoms with Gasteiger partial charge in [-0.2, -0.15) is 0 Å². The molecule has 0 aliphatic rings. The van der Waals surface area contributed by atoms with E-state index in [1.165, 1.54) is 109 Å². The molecule has 3 N–H and O–H groups in total. The second-order valence-electron chi connectivity index (χ2n) is 24.9. The maximum atomic E-state index is 13.0. The summed E-state index contributed by atoms with van der Waals surface area (Å²) >= 11 is 0. The molecule has 0 saturated carbocycles. The van der Waals surface area contributed by atoms with E-state index in [-0.39, 0.29) is 25.7 Å². The number of aliphatic hydroxyl groups is 1. The van der Waals surface area contributed by atoms with Gasteiger partial charge >= 0.3 is 39.5 Å². The van der Waals surface area contributed by atoms with Crippen molar-refractivity contribution < 1.29 is 80.2 Å². The highest BCUT2D eigenvalue weighted by Gasteiger charge is 2.30. The smallest absolute Gasteiger partial charge is 0.462 e. The van der Waals surface area contributed by atoms with Crippen molar-refractivity contribution in [1.82, 2.24) is 0 Å². The van der Waals surface area contributed by atoms with Crippen molar-refractivity contribution in [1.29, 1.82) is 0 Å². The van der Waals surface area contributed by atoms with Crippen LogP contribution >= 0.6 is 15.6 Å². The minimum absolute atomic E-state index is 0.101. The van der Waals surface area contributed by atoms with Crippen molar-refractivity contribution in [2.45, 2.75) is 331 Å². The molecule has 0 aromatic carbocycles. The number of esters is 4. The van der Waals surface area contributed by atoms with Crippen LogP contribution in [0.25, 0.3) is 0 Å². The Morgan fingerprint density at radius 3 is 0.845 bits per heavy atom. The summed E-state index contributed by atoms with van der Waals surface area (Å²) in [6, 6.07) is 0. The molecule has 0 heterocycles. The van der Waals surface area contributed by atoms with Crippen LogP contribution in [0.15, 0.2) is 0 Å². The molecule has 0 bridgehead atoms.